The second-order valence-corrected chi connectivity index (χ2v) is 5.35. The van der Waals surface area contributed by atoms with Crippen LogP contribution in [0.3, 0.4) is 0 Å². The minimum absolute atomic E-state index is 0.0575. The Bertz CT molecular complexity index is 706. The van der Waals surface area contributed by atoms with E-state index in [2.05, 4.69) is 10.5 Å². The molecule has 0 radical (unpaired) electrons. The summed E-state index contributed by atoms with van der Waals surface area (Å²) in [5.41, 5.74) is 2.58. The Morgan fingerprint density at radius 2 is 1.95 bits per heavy atom. The number of carbonyl (C=O) groups excluding carboxylic acids is 2. The van der Waals surface area contributed by atoms with Gasteiger partial charge in [-0.1, -0.05) is 22.9 Å². The SMILES string of the molecule is Cc1ccc(C(=O)N(C)CC(=O)Nc2cc(C)on2)c(C)c1. The number of carbonyl (C=O) groups is 2. The summed E-state index contributed by atoms with van der Waals surface area (Å²) < 4.78 is 4.87. The Hall–Kier alpha value is -2.63. The van der Waals surface area contributed by atoms with Gasteiger partial charge < -0.3 is 14.7 Å². The number of aryl methyl sites for hydroxylation is 3. The van der Waals surface area contributed by atoms with Gasteiger partial charge in [-0.2, -0.15) is 0 Å². The zero-order chi connectivity index (χ0) is 16.3. The fourth-order valence-electron chi connectivity index (χ4n) is 2.15. The van der Waals surface area contributed by atoms with Crippen molar-refractivity contribution >= 4 is 17.6 Å². The smallest absolute Gasteiger partial charge is 0.254 e. The predicted molar refractivity (Wildman–Crippen MR) is 82.7 cm³/mol. The van der Waals surface area contributed by atoms with Crippen molar-refractivity contribution in [3.8, 4) is 0 Å². The molecule has 0 saturated heterocycles. The summed E-state index contributed by atoms with van der Waals surface area (Å²) in [4.78, 5) is 25.7. The Balaban J connectivity index is 2.00. The molecule has 0 bridgehead atoms. The molecule has 1 aromatic carbocycles. The standard InChI is InChI=1S/C16H19N3O3/c1-10-5-6-13(11(2)7-10)16(21)19(4)9-15(20)17-14-8-12(3)22-18-14/h5-8H,9H2,1-4H3,(H,17,18,20). The molecular weight excluding hydrogens is 282 g/mol. The molecule has 1 aromatic heterocycles. The van der Waals surface area contributed by atoms with E-state index in [9.17, 15) is 9.59 Å². The molecule has 1 N–H and O–H groups in total. The molecule has 22 heavy (non-hydrogen) atoms. The third kappa shape index (κ3) is 3.72. The quantitative estimate of drug-likeness (QED) is 0.940. The van der Waals surface area contributed by atoms with Crippen LogP contribution in [0.2, 0.25) is 0 Å². The van der Waals surface area contributed by atoms with E-state index in [0.29, 0.717) is 17.1 Å². The topological polar surface area (TPSA) is 75.4 Å². The van der Waals surface area contributed by atoms with Gasteiger partial charge in [0.2, 0.25) is 5.91 Å². The number of rotatable bonds is 4. The Labute approximate surface area is 129 Å². The highest BCUT2D eigenvalue weighted by Crippen LogP contribution is 2.13. The summed E-state index contributed by atoms with van der Waals surface area (Å²) in [5, 5.41) is 6.27. The van der Waals surface area contributed by atoms with Gasteiger partial charge in [-0.05, 0) is 32.4 Å². The third-order valence-electron chi connectivity index (χ3n) is 3.24. The van der Waals surface area contributed by atoms with Gasteiger partial charge in [0.15, 0.2) is 5.82 Å². The molecule has 0 fully saturated rings. The van der Waals surface area contributed by atoms with Gasteiger partial charge in [-0.3, -0.25) is 9.59 Å². The zero-order valence-corrected chi connectivity index (χ0v) is 13.1. The van der Waals surface area contributed by atoms with Crippen LogP contribution in [0.25, 0.3) is 0 Å². The van der Waals surface area contributed by atoms with Crippen molar-refractivity contribution < 1.29 is 14.1 Å². The maximum Gasteiger partial charge on any atom is 0.254 e. The summed E-state index contributed by atoms with van der Waals surface area (Å²) in [6.07, 6.45) is 0. The van der Waals surface area contributed by atoms with Gasteiger partial charge in [-0.15, -0.1) is 0 Å². The van der Waals surface area contributed by atoms with Gasteiger partial charge in [-0.25, -0.2) is 0 Å². The van der Waals surface area contributed by atoms with E-state index in [1.54, 1.807) is 26.1 Å². The van der Waals surface area contributed by atoms with E-state index in [0.717, 1.165) is 11.1 Å². The van der Waals surface area contributed by atoms with Crippen molar-refractivity contribution in [2.24, 2.45) is 0 Å². The van der Waals surface area contributed by atoms with Gasteiger partial charge in [0.25, 0.3) is 5.91 Å². The van der Waals surface area contributed by atoms with Crippen LogP contribution in [-0.2, 0) is 4.79 Å². The van der Waals surface area contributed by atoms with Crippen LogP contribution >= 0.6 is 0 Å². The number of nitrogens with zero attached hydrogens (tertiary/aromatic N) is 2. The van der Waals surface area contributed by atoms with Gasteiger partial charge in [0.05, 0.1) is 6.54 Å². The van der Waals surface area contributed by atoms with Crippen molar-refractivity contribution in [3.05, 3.63) is 46.7 Å². The van der Waals surface area contributed by atoms with Crippen LogP contribution in [0.4, 0.5) is 5.82 Å². The molecule has 2 aromatic rings. The minimum Gasteiger partial charge on any atom is -0.360 e. The highest BCUT2D eigenvalue weighted by Gasteiger charge is 2.17. The first-order chi connectivity index (χ1) is 10.4. The molecule has 0 atom stereocenters. The molecule has 0 unspecified atom stereocenters. The monoisotopic (exact) mass is 301 g/mol. The van der Waals surface area contributed by atoms with Gasteiger partial charge in [0.1, 0.15) is 5.76 Å². The number of anilines is 1. The van der Waals surface area contributed by atoms with E-state index in [1.165, 1.54) is 4.90 Å². The molecule has 6 nitrogen and oxygen atoms in total. The second-order valence-electron chi connectivity index (χ2n) is 5.35. The lowest BCUT2D eigenvalue weighted by Gasteiger charge is -2.17. The summed E-state index contributed by atoms with van der Waals surface area (Å²) in [5.74, 6) is 0.433. The van der Waals surface area contributed by atoms with E-state index >= 15 is 0 Å². The molecule has 0 spiro atoms. The predicted octanol–water partition coefficient (Wildman–Crippen LogP) is 2.31. The molecule has 6 heteroatoms. The Morgan fingerprint density at radius 3 is 2.55 bits per heavy atom. The van der Waals surface area contributed by atoms with Crippen LogP contribution in [0.5, 0.6) is 0 Å². The molecule has 2 rings (SSSR count). The van der Waals surface area contributed by atoms with E-state index in [4.69, 9.17) is 4.52 Å². The number of hydrogen-bond donors (Lipinski definition) is 1. The first kappa shape index (κ1) is 15.8. The van der Waals surface area contributed by atoms with Crippen LogP contribution in [0.1, 0.15) is 27.2 Å². The van der Waals surface area contributed by atoms with E-state index in [1.807, 2.05) is 26.0 Å². The number of aromatic nitrogens is 1. The summed E-state index contributed by atoms with van der Waals surface area (Å²) >= 11 is 0. The lowest BCUT2D eigenvalue weighted by Crippen LogP contribution is -2.35. The number of nitrogens with one attached hydrogen (secondary N) is 1. The number of likely N-dealkylation sites (N-methyl/N-ethyl adjacent to an activating group) is 1. The van der Waals surface area contributed by atoms with Crippen molar-refractivity contribution in [1.29, 1.82) is 0 Å². The minimum atomic E-state index is -0.325. The largest absolute Gasteiger partial charge is 0.360 e. The van der Waals surface area contributed by atoms with Crippen molar-refractivity contribution in [2.75, 3.05) is 18.9 Å². The zero-order valence-electron chi connectivity index (χ0n) is 13.1. The van der Waals surface area contributed by atoms with E-state index < -0.39 is 0 Å². The highest BCUT2D eigenvalue weighted by atomic mass is 16.5. The molecule has 0 saturated carbocycles. The molecule has 2 amide bonds. The van der Waals surface area contributed by atoms with Crippen LogP contribution in [0.15, 0.2) is 28.8 Å². The molecule has 1 heterocycles. The van der Waals surface area contributed by atoms with Gasteiger partial charge in [0, 0.05) is 18.7 Å². The molecule has 0 aliphatic rings. The maximum atomic E-state index is 12.4. The average Bonchev–Trinajstić information content (AvgIpc) is 2.83. The summed E-state index contributed by atoms with van der Waals surface area (Å²) in [6, 6.07) is 7.22. The van der Waals surface area contributed by atoms with Crippen LogP contribution < -0.4 is 5.32 Å². The molecule has 0 aliphatic heterocycles. The number of hydrogen-bond acceptors (Lipinski definition) is 4. The fourth-order valence-corrected chi connectivity index (χ4v) is 2.15. The number of amides is 2. The van der Waals surface area contributed by atoms with E-state index in [-0.39, 0.29) is 18.4 Å². The van der Waals surface area contributed by atoms with Crippen LogP contribution in [-0.4, -0.2) is 35.5 Å². The maximum absolute atomic E-state index is 12.4. The normalized spacial score (nSPS) is 10.4. The lowest BCUT2D eigenvalue weighted by molar-refractivity contribution is -0.116. The van der Waals surface area contributed by atoms with Crippen molar-refractivity contribution in [3.63, 3.8) is 0 Å². The number of benzene rings is 1. The van der Waals surface area contributed by atoms with Crippen LogP contribution in [0, 0.1) is 20.8 Å². The van der Waals surface area contributed by atoms with Gasteiger partial charge >= 0.3 is 0 Å². The lowest BCUT2D eigenvalue weighted by atomic mass is 10.0. The average molecular weight is 301 g/mol. The second kappa shape index (κ2) is 6.43. The third-order valence-corrected chi connectivity index (χ3v) is 3.24. The van der Waals surface area contributed by atoms with Crippen molar-refractivity contribution in [1.82, 2.24) is 10.1 Å². The Morgan fingerprint density at radius 1 is 1.23 bits per heavy atom. The molecular formula is C16H19N3O3. The summed E-state index contributed by atoms with van der Waals surface area (Å²) in [7, 11) is 1.59. The molecule has 0 aliphatic carbocycles. The van der Waals surface area contributed by atoms with Crippen molar-refractivity contribution in [2.45, 2.75) is 20.8 Å². The highest BCUT2D eigenvalue weighted by molar-refractivity contribution is 5.99. The summed E-state index contributed by atoms with van der Waals surface area (Å²) in [6.45, 7) is 5.53. The Kier molecular flexibility index (Phi) is 4.60. The fraction of sp³-hybridized carbons (Fsp3) is 0.312. The first-order valence-electron chi connectivity index (χ1n) is 6.92. The first-order valence-corrected chi connectivity index (χ1v) is 6.92. The molecule has 116 valence electrons.